The van der Waals surface area contributed by atoms with Crippen molar-refractivity contribution in [2.24, 2.45) is 5.41 Å². The summed E-state index contributed by atoms with van der Waals surface area (Å²) in [5.41, 5.74) is 4.39. The maximum absolute atomic E-state index is 3.44. The minimum atomic E-state index is 0. The van der Waals surface area contributed by atoms with E-state index in [4.69, 9.17) is 0 Å². The maximum atomic E-state index is 3.44. The van der Waals surface area contributed by atoms with Crippen LogP contribution in [0.15, 0.2) is 16.7 Å². The van der Waals surface area contributed by atoms with Crippen LogP contribution in [0.1, 0.15) is 34.6 Å². The van der Waals surface area contributed by atoms with E-state index in [-0.39, 0.29) is 56.4 Å². The Morgan fingerprint density at radius 3 is 1.46 bits per heavy atom. The fraction of sp³-hybridized carbons (Fsp3) is 0.600. The van der Waals surface area contributed by atoms with E-state index < -0.39 is 0 Å². The van der Waals surface area contributed by atoms with Crippen LogP contribution in [0.3, 0.4) is 0 Å². The van der Waals surface area contributed by atoms with Gasteiger partial charge in [-0.2, -0.15) is 11.1 Å². The second kappa shape index (κ2) is 6.43. The minimum Gasteiger partial charge on any atom is -0.263 e. The van der Waals surface area contributed by atoms with Gasteiger partial charge >= 0.3 is 0 Å². The van der Waals surface area contributed by atoms with Gasteiger partial charge in [0, 0.05) is 26.2 Å². The molecule has 0 aromatic rings. The first kappa shape index (κ1) is 19.5. The Bertz CT molecular complexity index is 227. The van der Waals surface area contributed by atoms with Crippen LogP contribution in [0.25, 0.3) is 0 Å². The zero-order valence-corrected chi connectivity index (χ0v) is 12.9. The van der Waals surface area contributed by atoms with Crippen molar-refractivity contribution in [1.29, 1.82) is 0 Å². The Labute approximate surface area is 113 Å². The van der Waals surface area contributed by atoms with Crippen LogP contribution in [-0.4, -0.2) is 0 Å². The van der Waals surface area contributed by atoms with E-state index in [1.54, 1.807) is 0 Å². The molecule has 0 heterocycles. The second-order valence-corrected chi connectivity index (χ2v) is 3.62. The van der Waals surface area contributed by atoms with E-state index in [1.807, 2.05) is 0 Å². The number of rotatable bonds is 0. The molecule has 0 N–H and O–H groups in total. The van der Waals surface area contributed by atoms with Crippen molar-refractivity contribution in [2.75, 3.05) is 0 Å². The van der Waals surface area contributed by atoms with Gasteiger partial charge in [0.15, 0.2) is 0 Å². The van der Waals surface area contributed by atoms with Crippen molar-refractivity contribution in [3.05, 3.63) is 22.8 Å². The van der Waals surface area contributed by atoms with Crippen molar-refractivity contribution in [3.63, 3.8) is 0 Å². The maximum Gasteiger partial charge on any atom is 0 e. The molecular formula is C10H17Cl2Zr-. The molecule has 0 unspecified atom stereocenters. The molecule has 1 aliphatic rings. The Morgan fingerprint density at radius 1 is 1.00 bits per heavy atom. The van der Waals surface area contributed by atoms with Gasteiger partial charge in [-0.05, 0) is 0 Å². The second-order valence-electron chi connectivity index (χ2n) is 3.62. The van der Waals surface area contributed by atoms with Gasteiger partial charge in [-0.25, -0.2) is 5.57 Å². The molecule has 0 aliphatic heterocycles. The smallest absolute Gasteiger partial charge is 0 e. The molecule has 0 atom stereocenters. The quantitative estimate of drug-likeness (QED) is 0.594. The van der Waals surface area contributed by atoms with Crippen LogP contribution in [-0.2, 0) is 26.2 Å². The third-order valence-corrected chi connectivity index (χ3v) is 2.56. The van der Waals surface area contributed by atoms with Crippen LogP contribution < -0.4 is 0 Å². The van der Waals surface area contributed by atoms with Crippen LogP contribution in [0.5, 0.6) is 0 Å². The van der Waals surface area contributed by atoms with Crippen molar-refractivity contribution in [1.82, 2.24) is 0 Å². The Hall–Kier alpha value is 0.943. The zero-order valence-electron chi connectivity index (χ0n) is 8.82. The summed E-state index contributed by atoms with van der Waals surface area (Å²) in [6.07, 6.45) is 3.44. The summed E-state index contributed by atoms with van der Waals surface area (Å²) in [5, 5.41) is 0. The molecule has 0 bridgehead atoms. The van der Waals surface area contributed by atoms with Gasteiger partial charge in [0.05, 0.1) is 0 Å². The average Bonchev–Trinajstić information content (AvgIpc) is 1.95. The fourth-order valence-corrected chi connectivity index (χ4v) is 1.41. The van der Waals surface area contributed by atoms with Gasteiger partial charge in [-0.3, -0.25) is 6.08 Å². The standard InChI is InChI=1S/C10H15.2ClH.Zr/c1-7-6-10(4,5)9(3)8(7)2;;;/h1-5H3;2*1H;/q-1;;;. The van der Waals surface area contributed by atoms with Gasteiger partial charge in [0.2, 0.25) is 0 Å². The molecule has 0 spiro atoms. The van der Waals surface area contributed by atoms with Crippen molar-refractivity contribution in [3.8, 4) is 0 Å². The SMILES string of the molecule is CC1=[C-]C(C)(C)C(C)=C1C.Cl.Cl.[Zr]. The van der Waals surface area contributed by atoms with E-state index >= 15 is 0 Å². The normalized spacial score (nSPS) is 18.1. The van der Waals surface area contributed by atoms with E-state index in [0.717, 1.165) is 0 Å². The van der Waals surface area contributed by atoms with E-state index in [0.29, 0.717) is 0 Å². The summed E-state index contributed by atoms with van der Waals surface area (Å²) in [4.78, 5) is 0. The zero-order chi connectivity index (χ0) is 7.94. The molecule has 0 radical (unpaired) electrons. The molecule has 76 valence electrons. The summed E-state index contributed by atoms with van der Waals surface area (Å²) in [6.45, 7) is 10.9. The first-order valence-electron chi connectivity index (χ1n) is 3.75. The molecule has 3 heteroatoms. The van der Waals surface area contributed by atoms with Gasteiger partial charge in [-0.1, -0.05) is 33.1 Å². The number of allylic oxidation sites excluding steroid dienone is 4. The molecule has 0 fully saturated rings. The molecule has 0 saturated carbocycles. The molecule has 0 aromatic heterocycles. The summed E-state index contributed by atoms with van der Waals surface area (Å²) in [7, 11) is 0. The largest absolute Gasteiger partial charge is 0.263 e. The van der Waals surface area contributed by atoms with Crippen LogP contribution in [0.2, 0.25) is 0 Å². The van der Waals surface area contributed by atoms with E-state index in [2.05, 4.69) is 40.7 Å². The number of hydrogen-bond donors (Lipinski definition) is 0. The average molecular weight is 299 g/mol. The van der Waals surface area contributed by atoms with E-state index in [9.17, 15) is 0 Å². The Kier molecular flexibility index (Phi) is 9.65. The molecule has 0 nitrogen and oxygen atoms in total. The van der Waals surface area contributed by atoms with E-state index in [1.165, 1.54) is 16.7 Å². The predicted octanol–water partition coefficient (Wildman–Crippen LogP) is 3.95. The summed E-state index contributed by atoms with van der Waals surface area (Å²) < 4.78 is 0. The van der Waals surface area contributed by atoms with Crippen LogP contribution in [0.4, 0.5) is 0 Å². The van der Waals surface area contributed by atoms with Crippen molar-refractivity contribution in [2.45, 2.75) is 34.6 Å². The van der Waals surface area contributed by atoms with Crippen molar-refractivity contribution >= 4 is 24.8 Å². The van der Waals surface area contributed by atoms with Gasteiger partial charge in [-0.15, -0.1) is 31.7 Å². The molecule has 13 heavy (non-hydrogen) atoms. The van der Waals surface area contributed by atoms with Gasteiger partial charge in [0.25, 0.3) is 0 Å². The molecule has 1 aliphatic carbocycles. The van der Waals surface area contributed by atoms with Crippen molar-refractivity contribution < 1.29 is 26.2 Å². The van der Waals surface area contributed by atoms with Gasteiger partial charge in [0.1, 0.15) is 0 Å². The summed E-state index contributed by atoms with van der Waals surface area (Å²) >= 11 is 0. The van der Waals surface area contributed by atoms with Crippen LogP contribution >= 0.6 is 24.8 Å². The summed E-state index contributed by atoms with van der Waals surface area (Å²) in [5.74, 6) is 0. The topological polar surface area (TPSA) is 0 Å². The molecular weight excluding hydrogens is 282 g/mol. The first-order valence-corrected chi connectivity index (χ1v) is 3.75. The molecule has 1 rings (SSSR count). The Morgan fingerprint density at radius 2 is 1.38 bits per heavy atom. The molecule has 0 amide bonds. The third kappa shape index (κ3) is 3.90. The first-order chi connectivity index (χ1) is 4.45. The predicted molar refractivity (Wildman–Crippen MR) is 59.1 cm³/mol. The fourth-order valence-electron chi connectivity index (χ4n) is 1.41. The minimum absolute atomic E-state index is 0. The molecule has 0 saturated heterocycles. The Balaban J connectivity index is -0.000000333. The third-order valence-electron chi connectivity index (χ3n) is 2.56. The number of hydrogen-bond acceptors (Lipinski definition) is 0. The van der Waals surface area contributed by atoms with Gasteiger partial charge < -0.3 is 0 Å². The molecule has 0 aromatic carbocycles. The van der Waals surface area contributed by atoms with Crippen LogP contribution in [0, 0.1) is 11.5 Å². The number of halogens is 2. The summed E-state index contributed by atoms with van der Waals surface area (Å²) in [6, 6.07) is 0. The monoisotopic (exact) mass is 297 g/mol.